The molecular weight excluding hydrogens is 558 g/mol. The maximum atomic E-state index is 13.6. The Morgan fingerprint density at radius 1 is 1.17 bits per heavy atom. The zero-order chi connectivity index (χ0) is 26.6. The largest absolute Gasteiger partial charge is 0.495 e. The van der Waals surface area contributed by atoms with Crippen molar-refractivity contribution in [2.24, 2.45) is 0 Å². The summed E-state index contributed by atoms with van der Waals surface area (Å²) in [5.74, 6) is -0.675. The van der Waals surface area contributed by atoms with Crippen molar-refractivity contribution >= 4 is 55.1 Å². The summed E-state index contributed by atoms with van der Waals surface area (Å²) in [6.45, 7) is 6.69. The van der Waals surface area contributed by atoms with E-state index in [-0.39, 0.29) is 28.9 Å². The van der Waals surface area contributed by atoms with Crippen LogP contribution < -0.4 is 14.4 Å². The van der Waals surface area contributed by atoms with Gasteiger partial charge < -0.3 is 15.0 Å². The molecule has 0 saturated carbocycles. The van der Waals surface area contributed by atoms with Gasteiger partial charge in [0.05, 0.1) is 19.1 Å². The number of benzene rings is 2. The highest BCUT2D eigenvalue weighted by molar-refractivity contribution is 9.10. The number of methoxy groups -OCH3 is 1. The second-order valence-electron chi connectivity index (χ2n) is 9.15. The first-order chi connectivity index (χ1) is 16.1. The number of nitrogens with zero attached hydrogens (tertiary/aromatic N) is 2. The number of nitrogens with one attached hydrogen (secondary N) is 1. The Kier molecular flexibility index (Phi) is 9.61. The lowest BCUT2D eigenvalue weighted by molar-refractivity contribution is -0.140. The number of hydrogen-bond acceptors (Lipinski definition) is 5. The summed E-state index contributed by atoms with van der Waals surface area (Å²) in [4.78, 5) is 27.9. The Bertz CT molecular complexity index is 1180. The highest BCUT2D eigenvalue weighted by Crippen LogP contribution is 2.33. The first-order valence-corrected chi connectivity index (χ1v) is 13.8. The van der Waals surface area contributed by atoms with Crippen molar-refractivity contribution in [1.82, 2.24) is 10.2 Å². The molecule has 0 spiro atoms. The number of anilines is 1. The highest BCUT2D eigenvalue weighted by atomic mass is 79.9. The van der Waals surface area contributed by atoms with E-state index < -0.39 is 34.1 Å². The lowest BCUT2D eigenvalue weighted by atomic mass is 10.1. The maximum Gasteiger partial charge on any atom is 0.244 e. The van der Waals surface area contributed by atoms with Gasteiger partial charge in [0.15, 0.2) is 0 Å². The highest BCUT2D eigenvalue weighted by Gasteiger charge is 2.32. The normalized spacial score (nSPS) is 12.6. The minimum absolute atomic E-state index is 0.0985. The Morgan fingerprint density at radius 3 is 2.37 bits per heavy atom. The molecule has 192 valence electrons. The molecule has 0 fully saturated rings. The molecule has 0 bridgehead atoms. The predicted molar refractivity (Wildman–Crippen MR) is 142 cm³/mol. The third kappa shape index (κ3) is 8.40. The SMILES string of the molecule is COc1ccc(Cl)cc1N(CC(=O)N(Cc1cccc(Br)c1)[C@@H](C)C(=O)NC(C)(C)C)S(C)(=O)=O. The van der Waals surface area contributed by atoms with Gasteiger partial charge in [0.2, 0.25) is 21.8 Å². The second-order valence-corrected chi connectivity index (χ2v) is 12.4. The van der Waals surface area contributed by atoms with Crippen molar-refractivity contribution in [3.05, 3.63) is 57.5 Å². The van der Waals surface area contributed by atoms with Gasteiger partial charge in [-0.2, -0.15) is 0 Å². The fourth-order valence-corrected chi connectivity index (χ4v) is 4.80. The number of ether oxygens (including phenoxy) is 1. The molecule has 0 aromatic heterocycles. The van der Waals surface area contributed by atoms with Gasteiger partial charge in [0, 0.05) is 21.6 Å². The van der Waals surface area contributed by atoms with Gasteiger partial charge in [0.1, 0.15) is 18.3 Å². The topological polar surface area (TPSA) is 96.0 Å². The van der Waals surface area contributed by atoms with E-state index in [2.05, 4.69) is 21.2 Å². The zero-order valence-corrected chi connectivity index (χ0v) is 23.8. The maximum absolute atomic E-state index is 13.6. The van der Waals surface area contributed by atoms with Gasteiger partial charge in [-0.15, -0.1) is 0 Å². The summed E-state index contributed by atoms with van der Waals surface area (Å²) in [7, 11) is -2.51. The van der Waals surface area contributed by atoms with Gasteiger partial charge in [-0.05, 0) is 63.6 Å². The van der Waals surface area contributed by atoms with Gasteiger partial charge in [-0.3, -0.25) is 13.9 Å². The van der Waals surface area contributed by atoms with Gasteiger partial charge in [-0.25, -0.2) is 8.42 Å². The molecule has 0 aliphatic heterocycles. The zero-order valence-electron chi connectivity index (χ0n) is 20.6. The monoisotopic (exact) mass is 587 g/mol. The van der Waals surface area contributed by atoms with Gasteiger partial charge in [-0.1, -0.05) is 39.7 Å². The molecule has 0 aliphatic rings. The average molecular weight is 589 g/mol. The quantitative estimate of drug-likeness (QED) is 0.474. The summed E-state index contributed by atoms with van der Waals surface area (Å²) in [6, 6.07) is 11.0. The third-order valence-electron chi connectivity index (χ3n) is 5.00. The fraction of sp³-hybridized carbons (Fsp3) is 0.417. The summed E-state index contributed by atoms with van der Waals surface area (Å²) >= 11 is 9.53. The molecule has 1 atom stereocenters. The van der Waals surface area contributed by atoms with Crippen LogP contribution in [0.25, 0.3) is 0 Å². The molecule has 11 heteroatoms. The molecule has 0 aliphatic carbocycles. The lowest BCUT2D eigenvalue weighted by Crippen LogP contribution is -2.54. The van der Waals surface area contributed by atoms with Crippen molar-refractivity contribution in [3.8, 4) is 5.75 Å². The van der Waals surface area contributed by atoms with Crippen molar-refractivity contribution in [2.45, 2.75) is 45.8 Å². The van der Waals surface area contributed by atoms with Crippen LogP contribution in [0.1, 0.15) is 33.3 Å². The van der Waals surface area contributed by atoms with Gasteiger partial charge >= 0.3 is 0 Å². The Morgan fingerprint density at radius 2 is 1.83 bits per heavy atom. The molecule has 0 heterocycles. The number of amides is 2. The second kappa shape index (κ2) is 11.6. The van der Waals surface area contributed by atoms with Crippen LogP contribution in [0.3, 0.4) is 0 Å². The van der Waals surface area contributed by atoms with Crippen LogP contribution in [0.15, 0.2) is 46.9 Å². The summed E-state index contributed by atoms with van der Waals surface area (Å²) < 4.78 is 32.5. The first kappa shape index (κ1) is 28.9. The van der Waals surface area contributed by atoms with E-state index in [4.69, 9.17) is 16.3 Å². The Balaban J connectivity index is 2.48. The van der Waals surface area contributed by atoms with Gasteiger partial charge in [0.25, 0.3) is 0 Å². The fourth-order valence-electron chi connectivity index (χ4n) is 3.34. The smallest absolute Gasteiger partial charge is 0.244 e. The van der Waals surface area contributed by atoms with Crippen LogP contribution in [-0.4, -0.2) is 56.6 Å². The number of sulfonamides is 1. The molecule has 35 heavy (non-hydrogen) atoms. The molecule has 2 aromatic rings. The van der Waals surface area contributed by atoms with Crippen LogP contribution in [0.4, 0.5) is 5.69 Å². The molecule has 2 aromatic carbocycles. The number of carbonyl (C=O) groups excluding carboxylic acids is 2. The number of hydrogen-bond donors (Lipinski definition) is 1. The number of carbonyl (C=O) groups is 2. The van der Waals surface area contributed by atoms with E-state index in [9.17, 15) is 18.0 Å². The predicted octanol–water partition coefficient (Wildman–Crippen LogP) is 4.21. The van der Waals surface area contributed by atoms with E-state index in [0.29, 0.717) is 0 Å². The van der Waals surface area contributed by atoms with E-state index >= 15 is 0 Å². The van der Waals surface area contributed by atoms with Crippen LogP contribution >= 0.6 is 27.5 Å². The molecular formula is C24H31BrClN3O5S. The van der Waals surface area contributed by atoms with Crippen LogP contribution in [0, 0.1) is 0 Å². The minimum Gasteiger partial charge on any atom is -0.495 e. The Labute approximate surface area is 220 Å². The molecule has 2 rings (SSSR count). The van der Waals surface area contributed by atoms with Crippen molar-refractivity contribution in [2.75, 3.05) is 24.2 Å². The van der Waals surface area contributed by atoms with Crippen molar-refractivity contribution < 1.29 is 22.7 Å². The molecule has 0 saturated heterocycles. The van der Waals surface area contributed by atoms with Crippen molar-refractivity contribution in [1.29, 1.82) is 0 Å². The first-order valence-electron chi connectivity index (χ1n) is 10.8. The van der Waals surface area contributed by atoms with E-state index in [0.717, 1.165) is 20.6 Å². The number of rotatable bonds is 9. The summed E-state index contributed by atoms with van der Waals surface area (Å²) in [5.41, 5.74) is 0.391. The number of halogens is 2. The van der Waals surface area contributed by atoms with Crippen LogP contribution in [-0.2, 0) is 26.2 Å². The van der Waals surface area contributed by atoms with E-state index in [1.165, 1.54) is 24.1 Å². The molecule has 8 nitrogen and oxygen atoms in total. The Hall–Kier alpha value is -2.30. The minimum atomic E-state index is -3.91. The summed E-state index contributed by atoms with van der Waals surface area (Å²) in [5, 5.41) is 3.16. The van der Waals surface area contributed by atoms with E-state index in [1.807, 2.05) is 45.0 Å². The lowest BCUT2D eigenvalue weighted by Gasteiger charge is -2.33. The standard InChI is InChI=1S/C24H31BrClN3O5S/c1-16(23(31)27-24(2,3)4)28(14-17-8-7-9-18(25)12-17)22(30)15-29(35(6,32)33)20-13-19(26)10-11-21(20)34-5/h7-13,16H,14-15H2,1-6H3,(H,27,31)/t16-/m0/s1. The molecule has 2 amide bonds. The third-order valence-corrected chi connectivity index (χ3v) is 6.85. The van der Waals surface area contributed by atoms with E-state index in [1.54, 1.807) is 13.0 Å². The summed E-state index contributed by atoms with van der Waals surface area (Å²) in [6.07, 6.45) is 0.995. The van der Waals surface area contributed by atoms with Crippen molar-refractivity contribution in [3.63, 3.8) is 0 Å². The average Bonchev–Trinajstić information content (AvgIpc) is 2.73. The molecule has 0 unspecified atom stereocenters. The molecule has 0 radical (unpaired) electrons. The molecule has 1 N–H and O–H groups in total. The van der Waals surface area contributed by atoms with Crippen LogP contribution in [0.2, 0.25) is 5.02 Å². The van der Waals surface area contributed by atoms with Crippen LogP contribution in [0.5, 0.6) is 5.75 Å².